The number of nitrogens with zero attached hydrogens (tertiary/aromatic N) is 1. The van der Waals surface area contributed by atoms with E-state index in [0.29, 0.717) is 6.92 Å². The first-order chi connectivity index (χ1) is 6.45. The Morgan fingerprint density at radius 3 is 2.79 bits per heavy atom. The average Bonchev–Trinajstić information content (AvgIpc) is 2.51. The molecule has 0 radical (unpaired) electrons. The number of carbonyl (C=O) groups excluding carboxylic acids is 1. The molecule has 0 atom stereocenters. The van der Waals surface area contributed by atoms with Gasteiger partial charge in [-0.1, -0.05) is 5.16 Å². The molecule has 0 amide bonds. The van der Waals surface area contributed by atoms with Gasteiger partial charge in [0.1, 0.15) is 0 Å². The van der Waals surface area contributed by atoms with E-state index in [9.17, 15) is 13.6 Å². The van der Waals surface area contributed by atoms with Crippen LogP contribution in [0.15, 0.2) is 10.6 Å². The summed E-state index contributed by atoms with van der Waals surface area (Å²) in [5.41, 5.74) is -0.247. The van der Waals surface area contributed by atoms with Crippen LogP contribution in [0.2, 0.25) is 0 Å². The summed E-state index contributed by atoms with van der Waals surface area (Å²) in [5, 5.41) is 3.17. The molecule has 0 fully saturated rings. The number of rotatable bonds is 3. The normalized spacial score (nSPS) is 11.4. The monoisotopic (exact) mass is 205 g/mol. The molecule has 0 bridgehead atoms. The Kier molecular flexibility index (Phi) is 2.83. The molecule has 0 N–H and O–H groups in total. The molecule has 0 unspecified atom stereocenters. The molecule has 0 aliphatic rings. The number of aromatic nitrogens is 1. The van der Waals surface area contributed by atoms with Gasteiger partial charge in [0, 0.05) is 13.0 Å². The van der Waals surface area contributed by atoms with Crippen molar-refractivity contribution in [3.8, 4) is 0 Å². The van der Waals surface area contributed by atoms with E-state index >= 15 is 0 Å². The van der Waals surface area contributed by atoms with Gasteiger partial charge in [0.25, 0.3) is 0 Å². The van der Waals surface area contributed by atoms with E-state index in [4.69, 9.17) is 0 Å². The van der Waals surface area contributed by atoms with E-state index in [1.165, 1.54) is 0 Å². The van der Waals surface area contributed by atoms with E-state index in [2.05, 4.69) is 14.4 Å². The molecule has 1 aromatic heterocycles. The first-order valence-corrected chi connectivity index (χ1v) is 3.97. The van der Waals surface area contributed by atoms with Crippen molar-refractivity contribution < 1.29 is 22.8 Å². The average molecular weight is 205 g/mol. The molecule has 0 aliphatic carbocycles. The van der Waals surface area contributed by atoms with Crippen molar-refractivity contribution in [2.75, 3.05) is 6.61 Å². The van der Waals surface area contributed by atoms with Crippen molar-refractivity contribution in [3.63, 3.8) is 0 Å². The van der Waals surface area contributed by atoms with E-state index in [0.717, 1.165) is 6.07 Å². The number of halogens is 2. The quantitative estimate of drug-likeness (QED) is 0.708. The number of alkyl halides is 2. The maximum Gasteiger partial charge on any atom is 0.360 e. The van der Waals surface area contributed by atoms with Crippen LogP contribution in [-0.2, 0) is 10.7 Å². The van der Waals surface area contributed by atoms with Crippen LogP contribution >= 0.6 is 0 Å². The van der Waals surface area contributed by atoms with Crippen LogP contribution < -0.4 is 0 Å². The first kappa shape index (κ1) is 10.6. The fourth-order valence-corrected chi connectivity index (χ4v) is 0.783. The molecule has 0 aromatic carbocycles. The third-order valence-corrected chi connectivity index (χ3v) is 1.43. The minimum absolute atomic E-state index is 0.156. The highest BCUT2D eigenvalue weighted by Gasteiger charge is 2.31. The van der Waals surface area contributed by atoms with Gasteiger partial charge in [-0.2, -0.15) is 8.78 Å². The van der Waals surface area contributed by atoms with Crippen LogP contribution in [-0.4, -0.2) is 17.7 Å². The Bertz CT molecular complexity index is 330. The van der Waals surface area contributed by atoms with Gasteiger partial charge in [-0.15, -0.1) is 0 Å². The van der Waals surface area contributed by atoms with Gasteiger partial charge in [0.05, 0.1) is 6.61 Å². The topological polar surface area (TPSA) is 52.3 Å². The summed E-state index contributed by atoms with van der Waals surface area (Å²) in [6.07, 6.45) is 0. The molecule has 0 aliphatic heterocycles. The maximum atomic E-state index is 12.6. The molecule has 4 nitrogen and oxygen atoms in total. The Morgan fingerprint density at radius 2 is 2.36 bits per heavy atom. The highest BCUT2D eigenvalue weighted by atomic mass is 19.3. The molecule has 0 saturated heterocycles. The summed E-state index contributed by atoms with van der Waals surface area (Å²) >= 11 is 0. The summed E-state index contributed by atoms with van der Waals surface area (Å²) in [4.78, 5) is 11.0. The van der Waals surface area contributed by atoms with Crippen molar-refractivity contribution >= 4 is 5.97 Å². The van der Waals surface area contributed by atoms with Crippen LogP contribution in [0.1, 0.15) is 30.1 Å². The zero-order chi connectivity index (χ0) is 10.8. The molecule has 6 heteroatoms. The lowest BCUT2D eigenvalue weighted by molar-refractivity contribution is -0.0106. The molecular weight excluding hydrogens is 196 g/mol. The highest BCUT2D eigenvalue weighted by Crippen LogP contribution is 2.27. The lowest BCUT2D eigenvalue weighted by Gasteiger charge is -2.02. The summed E-state index contributed by atoms with van der Waals surface area (Å²) in [7, 11) is 0. The smallest absolute Gasteiger partial charge is 0.360 e. The summed E-state index contributed by atoms with van der Waals surface area (Å²) in [6.45, 7) is 2.42. The Balaban J connectivity index is 2.83. The van der Waals surface area contributed by atoms with Gasteiger partial charge < -0.3 is 9.26 Å². The van der Waals surface area contributed by atoms with Gasteiger partial charge in [-0.05, 0) is 6.92 Å². The van der Waals surface area contributed by atoms with E-state index < -0.39 is 17.7 Å². The second-order valence-corrected chi connectivity index (χ2v) is 2.69. The fraction of sp³-hybridized carbons (Fsp3) is 0.500. The molecule has 14 heavy (non-hydrogen) atoms. The summed E-state index contributed by atoms with van der Waals surface area (Å²) in [5.74, 6) is -4.56. The second kappa shape index (κ2) is 3.73. The van der Waals surface area contributed by atoms with Crippen molar-refractivity contribution in [1.82, 2.24) is 5.16 Å². The van der Waals surface area contributed by atoms with Crippen molar-refractivity contribution in [3.05, 3.63) is 17.5 Å². The summed E-state index contributed by atoms with van der Waals surface area (Å²) in [6, 6.07) is 0.873. The third kappa shape index (κ3) is 2.27. The fourth-order valence-electron chi connectivity index (χ4n) is 0.783. The second-order valence-electron chi connectivity index (χ2n) is 2.69. The van der Waals surface area contributed by atoms with E-state index in [1.54, 1.807) is 6.92 Å². The molecule has 1 rings (SSSR count). The van der Waals surface area contributed by atoms with Crippen LogP contribution in [0.4, 0.5) is 8.78 Å². The standard InChI is InChI=1S/C8H9F2NO3/c1-3-13-7(12)5-4-6(14-11-5)8(2,9)10/h4H,3H2,1-2H3. The Hall–Kier alpha value is -1.46. The molecule has 0 saturated carbocycles. The van der Waals surface area contributed by atoms with Crippen LogP contribution in [0, 0.1) is 0 Å². The SMILES string of the molecule is CCOC(=O)c1cc(C(C)(F)F)on1. The number of esters is 1. The van der Waals surface area contributed by atoms with Gasteiger partial charge in [-0.3, -0.25) is 0 Å². The van der Waals surface area contributed by atoms with E-state index in [-0.39, 0.29) is 12.3 Å². The minimum atomic E-state index is -3.14. The molecule has 1 aromatic rings. The van der Waals surface area contributed by atoms with E-state index in [1.807, 2.05) is 0 Å². The minimum Gasteiger partial charge on any atom is -0.461 e. The predicted molar refractivity (Wildman–Crippen MR) is 42.0 cm³/mol. The molecular formula is C8H9F2NO3. The number of ether oxygens (including phenoxy) is 1. The van der Waals surface area contributed by atoms with Crippen molar-refractivity contribution in [1.29, 1.82) is 0 Å². The Labute approximate surface area is 78.8 Å². The highest BCUT2D eigenvalue weighted by molar-refractivity contribution is 5.87. The molecule has 78 valence electrons. The van der Waals surface area contributed by atoms with Crippen LogP contribution in [0.3, 0.4) is 0 Å². The third-order valence-electron chi connectivity index (χ3n) is 1.43. The zero-order valence-corrected chi connectivity index (χ0v) is 7.71. The molecule has 1 heterocycles. The number of hydrogen-bond acceptors (Lipinski definition) is 4. The van der Waals surface area contributed by atoms with Gasteiger partial charge >= 0.3 is 11.9 Å². The van der Waals surface area contributed by atoms with Crippen molar-refractivity contribution in [2.45, 2.75) is 19.8 Å². The van der Waals surface area contributed by atoms with Gasteiger partial charge in [0.15, 0.2) is 5.69 Å². The summed E-state index contributed by atoms with van der Waals surface area (Å²) < 4.78 is 34.1. The number of hydrogen-bond donors (Lipinski definition) is 0. The lowest BCUT2D eigenvalue weighted by atomic mass is 10.2. The van der Waals surface area contributed by atoms with Gasteiger partial charge in [-0.25, -0.2) is 4.79 Å². The largest absolute Gasteiger partial charge is 0.461 e. The lowest BCUT2D eigenvalue weighted by Crippen LogP contribution is -2.06. The Morgan fingerprint density at radius 1 is 1.71 bits per heavy atom. The maximum absolute atomic E-state index is 12.6. The zero-order valence-electron chi connectivity index (χ0n) is 7.71. The van der Waals surface area contributed by atoms with Crippen LogP contribution in [0.5, 0.6) is 0 Å². The van der Waals surface area contributed by atoms with Crippen LogP contribution in [0.25, 0.3) is 0 Å². The van der Waals surface area contributed by atoms with Crippen molar-refractivity contribution in [2.24, 2.45) is 0 Å². The van der Waals surface area contributed by atoms with Gasteiger partial charge in [0.2, 0.25) is 5.76 Å². The first-order valence-electron chi connectivity index (χ1n) is 3.97. The molecule has 0 spiro atoms. The number of carbonyl (C=O) groups is 1. The predicted octanol–water partition coefficient (Wildman–Crippen LogP) is 1.96.